The zero-order chi connectivity index (χ0) is 13.8. The maximum absolute atomic E-state index is 13.7. The molecule has 19 heavy (non-hydrogen) atoms. The molecule has 0 aliphatic carbocycles. The average molecular weight is 264 g/mol. The van der Waals surface area contributed by atoms with Gasteiger partial charge in [0.1, 0.15) is 12.4 Å². The van der Waals surface area contributed by atoms with Crippen molar-refractivity contribution in [1.82, 2.24) is 9.55 Å². The number of aliphatic hydroxyl groups excluding tert-OH is 1. The van der Waals surface area contributed by atoms with Crippen LogP contribution in [0.2, 0.25) is 0 Å². The molecule has 0 aliphatic heterocycles. The van der Waals surface area contributed by atoms with E-state index in [-0.39, 0.29) is 5.75 Å². The van der Waals surface area contributed by atoms with Crippen molar-refractivity contribution in [3.8, 4) is 5.75 Å². The summed E-state index contributed by atoms with van der Waals surface area (Å²) >= 11 is 0. The van der Waals surface area contributed by atoms with Gasteiger partial charge in [0.15, 0.2) is 11.6 Å². The predicted molar refractivity (Wildman–Crippen MR) is 69.5 cm³/mol. The van der Waals surface area contributed by atoms with Gasteiger partial charge in [0.05, 0.1) is 12.6 Å². The number of imidazole rings is 1. The van der Waals surface area contributed by atoms with Gasteiger partial charge >= 0.3 is 0 Å². The first-order valence-electron chi connectivity index (χ1n) is 6.16. The van der Waals surface area contributed by atoms with Gasteiger partial charge in [-0.1, -0.05) is 6.07 Å². The van der Waals surface area contributed by atoms with E-state index in [1.165, 1.54) is 12.1 Å². The molecule has 0 amide bonds. The average Bonchev–Trinajstić information content (AvgIpc) is 2.77. The van der Waals surface area contributed by atoms with Crippen LogP contribution in [-0.4, -0.2) is 21.3 Å². The van der Waals surface area contributed by atoms with Crippen LogP contribution in [0.5, 0.6) is 5.75 Å². The topological polar surface area (TPSA) is 47.3 Å². The Hall–Kier alpha value is -1.88. The molecule has 1 aromatic heterocycles. The Kier molecular flexibility index (Phi) is 4.16. The van der Waals surface area contributed by atoms with Crippen molar-refractivity contribution >= 4 is 0 Å². The normalized spacial score (nSPS) is 12.4. The van der Waals surface area contributed by atoms with Crippen LogP contribution in [0.25, 0.3) is 0 Å². The number of halogens is 1. The van der Waals surface area contributed by atoms with E-state index in [9.17, 15) is 9.50 Å². The van der Waals surface area contributed by atoms with Crippen molar-refractivity contribution in [2.75, 3.05) is 6.61 Å². The van der Waals surface area contributed by atoms with E-state index in [1.807, 2.05) is 17.7 Å². The summed E-state index contributed by atoms with van der Waals surface area (Å²) in [7, 11) is 0. The number of hydrogen-bond acceptors (Lipinski definition) is 3. The third-order valence-electron chi connectivity index (χ3n) is 2.95. The number of ether oxygens (including phenoxy) is 1. The maximum Gasteiger partial charge on any atom is 0.165 e. The first-order chi connectivity index (χ1) is 9.08. The minimum absolute atomic E-state index is 0.196. The summed E-state index contributed by atoms with van der Waals surface area (Å²) in [6.45, 7) is 4.47. The van der Waals surface area contributed by atoms with Crippen LogP contribution < -0.4 is 4.74 Å². The van der Waals surface area contributed by atoms with Crippen molar-refractivity contribution < 1.29 is 14.2 Å². The van der Waals surface area contributed by atoms with Gasteiger partial charge in [-0.3, -0.25) is 0 Å². The fourth-order valence-electron chi connectivity index (χ4n) is 1.79. The lowest BCUT2D eigenvalue weighted by Crippen LogP contribution is -2.09. The molecule has 1 heterocycles. The monoisotopic (exact) mass is 264 g/mol. The zero-order valence-corrected chi connectivity index (χ0v) is 11.0. The summed E-state index contributed by atoms with van der Waals surface area (Å²) in [5.41, 5.74) is 0.537. The Balaban J connectivity index is 1.95. The standard InChI is InChI=1S/C14H17FN2O2/c1-10(18)12-3-4-14(13(15)9-12)19-8-7-17-6-5-16-11(17)2/h3-6,9-10,18H,7-8H2,1-2H3/t10-/m0/s1. The highest BCUT2D eigenvalue weighted by atomic mass is 19.1. The second-order valence-electron chi connectivity index (χ2n) is 4.38. The fourth-order valence-corrected chi connectivity index (χ4v) is 1.79. The number of aliphatic hydroxyl groups is 1. The minimum atomic E-state index is -0.683. The second kappa shape index (κ2) is 5.84. The fraction of sp³-hybridized carbons (Fsp3) is 0.357. The molecule has 2 aromatic rings. The first kappa shape index (κ1) is 13.5. The van der Waals surface area contributed by atoms with Gasteiger partial charge in [0.2, 0.25) is 0 Å². The van der Waals surface area contributed by atoms with Gasteiger partial charge in [0.25, 0.3) is 0 Å². The number of hydrogen-bond donors (Lipinski definition) is 1. The van der Waals surface area contributed by atoms with Gasteiger partial charge in [-0.25, -0.2) is 9.37 Å². The minimum Gasteiger partial charge on any atom is -0.489 e. The van der Waals surface area contributed by atoms with E-state index >= 15 is 0 Å². The summed E-state index contributed by atoms with van der Waals surface area (Å²) < 4.78 is 21.0. The number of aryl methyl sites for hydroxylation is 1. The van der Waals surface area contributed by atoms with Crippen LogP contribution in [0.15, 0.2) is 30.6 Å². The van der Waals surface area contributed by atoms with Gasteiger partial charge in [-0.2, -0.15) is 0 Å². The number of rotatable bonds is 5. The summed E-state index contributed by atoms with van der Waals surface area (Å²) in [6, 6.07) is 4.49. The van der Waals surface area contributed by atoms with E-state index in [4.69, 9.17) is 4.74 Å². The molecule has 0 spiro atoms. The van der Waals surface area contributed by atoms with Crippen molar-refractivity contribution in [2.24, 2.45) is 0 Å². The van der Waals surface area contributed by atoms with Crippen LogP contribution in [0, 0.1) is 12.7 Å². The first-order valence-corrected chi connectivity index (χ1v) is 6.16. The Morgan fingerprint density at radius 2 is 2.26 bits per heavy atom. The molecule has 0 saturated heterocycles. The lowest BCUT2D eigenvalue weighted by atomic mass is 10.1. The lowest BCUT2D eigenvalue weighted by molar-refractivity contribution is 0.198. The van der Waals surface area contributed by atoms with Crippen LogP contribution in [-0.2, 0) is 6.54 Å². The van der Waals surface area contributed by atoms with Crippen LogP contribution >= 0.6 is 0 Å². The molecule has 0 saturated carbocycles. The summed E-state index contributed by atoms with van der Waals surface area (Å²) in [5, 5.41) is 9.35. The van der Waals surface area contributed by atoms with Gasteiger partial charge in [-0.05, 0) is 31.5 Å². The van der Waals surface area contributed by atoms with Crippen LogP contribution in [0.4, 0.5) is 4.39 Å². The highest BCUT2D eigenvalue weighted by Gasteiger charge is 2.08. The molecule has 1 atom stereocenters. The third kappa shape index (κ3) is 3.32. The smallest absolute Gasteiger partial charge is 0.165 e. The molecule has 2 rings (SSSR count). The molecule has 0 aliphatic rings. The van der Waals surface area contributed by atoms with Gasteiger partial charge < -0.3 is 14.4 Å². The summed E-state index contributed by atoms with van der Waals surface area (Å²) in [5.74, 6) is 0.636. The van der Waals surface area contributed by atoms with Crippen molar-refractivity contribution in [3.63, 3.8) is 0 Å². The number of aromatic nitrogens is 2. The molecule has 102 valence electrons. The molecule has 0 fully saturated rings. The summed E-state index contributed by atoms with van der Waals surface area (Å²) in [4.78, 5) is 4.10. The Morgan fingerprint density at radius 3 is 2.84 bits per heavy atom. The molecular weight excluding hydrogens is 247 g/mol. The SMILES string of the molecule is Cc1nccn1CCOc1ccc([C@H](C)O)cc1F. The highest BCUT2D eigenvalue weighted by molar-refractivity contribution is 5.30. The van der Waals surface area contributed by atoms with E-state index in [0.29, 0.717) is 18.7 Å². The van der Waals surface area contributed by atoms with E-state index < -0.39 is 11.9 Å². The van der Waals surface area contributed by atoms with Crippen molar-refractivity contribution in [3.05, 3.63) is 47.8 Å². The Bertz CT molecular complexity index is 552. The highest BCUT2D eigenvalue weighted by Crippen LogP contribution is 2.21. The molecule has 1 aromatic carbocycles. The Labute approximate surface area is 111 Å². The molecule has 0 radical (unpaired) electrons. The molecule has 0 unspecified atom stereocenters. The zero-order valence-electron chi connectivity index (χ0n) is 11.0. The molecule has 1 N–H and O–H groups in total. The number of nitrogens with zero attached hydrogens (tertiary/aromatic N) is 2. The molecule has 4 nitrogen and oxygen atoms in total. The number of benzene rings is 1. The molecule has 0 bridgehead atoms. The van der Waals surface area contributed by atoms with Crippen molar-refractivity contribution in [2.45, 2.75) is 26.5 Å². The lowest BCUT2D eigenvalue weighted by Gasteiger charge is -2.11. The Morgan fingerprint density at radius 1 is 1.47 bits per heavy atom. The van der Waals surface area contributed by atoms with Gasteiger partial charge in [0, 0.05) is 12.4 Å². The largest absolute Gasteiger partial charge is 0.489 e. The van der Waals surface area contributed by atoms with Crippen molar-refractivity contribution in [1.29, 1.82) is 0 Å². The summed E-state index contributed by atoms with van der Waals surface area (Å²) in [6.07, 6.45) is 2.89. The maximum atomic E-state index is 13.7. The van der Waals surface area contributed by atoms with Gasteiger partial charge in [-0.15, -0.1) is 0 Å². The predicted octanol–water partition coefficient (Wildman–Crippen LogP) is 2.46. The molecule has 5 heteroatoms. The van der Waals surface area contributed by atoms with Crippen LogP contribution in [0.3, 0.4) is 0 Å². The van der Waals surface area contributed by atoms with Crippen LogP contribution in [0.1, 0.15) is 24.4 Å². The quantitative estimate of drug-likeness (QED) is 0.902. The third-order valence-corrected chi connectivity index (χ3v) is 2.95. The van der Waals surface area contributed by atoms with E-state index in [1.54, 1.807) is 19.2 Å². The van der Waals surface area contributed by atoms with E-state index in [2.05, 4.69) is 4.98 Å². The van der Waals surface area contributed by atoms with E-state index in [0.717, 1.165) is 5.82 Å². The molecular formula is C14H17FN2O2. The second-order valence-corrected chi connectivity index (χ2v) is 4.38.